The summed E-state index contributed by atoms with van der Waals surface area (Å²) in [6, 6.07) is 0. The van der Waals surface area contributed by atoms with Crippen molar-refractivity contribution in [2.45, 2.75) is 12.5 Å². The van der Waals surface area contributed by atoms with Gasteiger partial charge in [-0.15, -0.1) is 11.6 Å². The van der Waals surface area contributed by atoms with Crippen LogP contribution in [0.2, 0.25) is 0 Å². The first kappa shape index (κ1) is 8.81. The number of hydrogen-bond donors (Lipinski definition) is 0. The summed E-state index contributed by atoms with van der Waals surface area (Å²) in [6.45, 7) is 0.608. The fraction of sp³-hybridized carbons (Fsp3) is 0.857. The van der Waals surface area contributed by atoms with Crippen LogP contribution in [0.5, 0.6) is 0 Å². The van der Waals surface area contributed by atoms with E-state index in [1.807, 2.05) is 0 Å². The lowest BCUT2D eigenvalue weighted by Crippen LogP contribution is -2.28. The largest absolute Gasteiger partial charge is 0.467 e. The zero-order valence-electron chi connectivity index (χ0n) is 6.38. The molecular formula is C7H11ClO3. The van der Waals surface area contributed by atoms with Crippen LogP contribution >= 0.6 is 11.6 Å². The molecule has 1 aliphatic rings. The highest BCUT2D eigenvalue weighted by atomic mass is 35.5. The molecule has 2 atom stereocenters. The van der Waals surface area contributed by atoms with Gasteiger partial charge >= 0.3 is 5.97 Å². The topological polar surface area (TPSA) is 35.5 Å². The average molecular weight is 179 g/mol. The molecule has 0 saturated carbocycles. The third kappa shape index (κ3) is 1.84. The summed E-state index contributed by atoms with van der Waals surface area (Å²) >= 11 is 5.62. The summed E-state index contributed by atoms with van der Waals surface area (Å²) < 4.78 is 9.69. The number of rotatable bonds is 2. The molecule has 1 rings (SSSR count). The first-order valence-electron chi connectivity index (χ1n) is 3.55. The van der Waals surface area contributed by atoms with Gasteiger partial charge < -0.3 is 9.47 Å². The molecular weight excluding hydrogens is 168 g/mol. The Hall–Kier alpha value is -0.280. The van der Waals surface area contributed by atoms with Crippen molar-refractivity contribution in [1.29, 1.82) is 0 Å². The van der Waals surface area contributed by atoms with E-state index < -0.39 is 6.10 Å². The first-order chi connectivity index (χ1) is 5.29. The van der Waals surface area contributed by atoms with Gasteiger partial charge in [0.1, 0.15) is 0 Å². The fourth-order valence-electron chi connectivity index (χ4n) is 1.17. The normalized spacial score (nSPS) is 30.4. The highest BCUT2D eigenvalue weighted by Gasteiger charge is 2.34. The Morgan fingerprint density at radius 3 is 3.09 bits per heavy atom. The summed E-state index contributed by atoms with van der Waals surface area (Å²) in [6.07, 6.45) is 0.418. The summed E-state index contributed by atoms with van der Waals surface area (Å²) in [5.74, 6) is 0.275. The third-order valence-corrected chi connectivity index (χ3v) is 2.24. The van der Waals surface area contributed by atoms with Crippen LogP contribution in [-0.4, -0.2) is 31.7 Å². The first-order valence-corrected chi connectivity index (χ1v) is 4.08. The predicted molar refractivity (Wildman–Crippen MR) is 40.6 cm³/mol. The standard InChI is InChI=1S/C7H11ClO3/c1-10-7(9)6-5(4-8)2-3-11-6/h5-6H,2-4H2,1H3/t5-,6+/m1/s1. The molecule has 0 bridgehead atoms. The highest BCUT2D eigenvalue weighted by Crippen LogP contribution is 2.22. The predicted octanol–water partition coefficient (Wildman–Crippen LogP) is 0.803. The third-order valence-electron chi connectivity index (χ3n) is 1.85. The molecule has 0 aromatic rings. The summed E-state index contributed by atoms with van der Waals surface area (Å²) in [5.41, 5.74) is 0. The molecule has 1 heterocycles. The van der Waals surface area contributed by atoms with Crippen LogP contribution in [0.15, 0.2) is 0 Å². The van der Waals surface area contributed by atoms with Crippen LogP contribution in [0, 0.1) is 5.92 Å². The van der Waals surface area contributed by atoms with Crippen LogP contribution in [0.4, 0.5) is 0 Å². The van der Waals surface area contributed by atoms with Crippen molar-refractivity contribution in [1.82, 2.24) is 0 Å². The molecule has 64 valence electrons. The second-order valence-corrected chi connectivity index (χ2v) is 2.83. The van der Waals surface area contributed by atoms with Crippen molar-refractivity contribution < 1.29 is 14.3 Å². The Kier molecular flexibility index (Phi) is 3.15. The van der Waals surface area contributed by atoms with Gasteiger partial charge in [-0.05, 0) is 6.42 Å². The molecule has 11 heavy (non-hydrogen) atoms. The van der Waals surface area contributed by atoms with Gasteiger partial charge in [0.05, 0.1) is 7.11 Å². The number of ether oxygens (including phenoxy) is 2. The van der Waals surface area contributed by atoms with Crippen molar-refractivity contribution in [2.24, 2.45) is 5.92 Å². The monoisotopic (exact) mass is 178 g/mol. The Bertz CT molecular complexity index is 149. The van der Waals surface area contributed by atoms with Crippen LogP contribution in [0.3, 0.4) is 0 Å². The van der Waals surface area contributed by atoms with E-state index in [0.29, 0.717) is 12.5 Å². The molecule has 0 N–H and O–H groups in total. The van der Waals surface area contributed by atoms with Crippen molar-refractivity contribution in [3.8, 4) is 0 Å². The van der Waals surface area contributed by atoms with Crippen molar-refractivity contribution in [2.75, 3.05) is 19.6 Å². The molecule has 3 nitrogen and oxygen atoms in total. The number of carbonyl (C=O) groups excluding carboxylic acids is 1. The molecule has 0 amide bonds. The summed E-state index contributed by atoms with van der Waals surface area (Å²) in [7, 11) is 1.36. The SMILES string of the molecule is COC(=O)[C@H]1OCC[C@@H]1CCl. The Labute approximate surface area is 70.6 Å². The van der Waals surface area contributed by atoms with Gasteiger partial charge in [0.25, 0.3) is 0 Å². The molecule has 1 saturated heterocycles. The zero-order chi connectivity index (χ0) is 8.27. The maximum atomic E-state index is 11.0. The lowest BCUT2D eigenvalue weighted by molar-refractivity contribution is -0.152. The number of methoxy groups -OCH3 is 1. The molecule has 0 radical (unpaired) electrons. The van der Waals surface area contributed by atoms with Crippen LogP contribution in [0.1, 0.15) is 6.42 Å². The molecule has 0 aliphatic carbocycles. The van der Waals surface area contributed by atoms with E-state index in [2.05, 4.69) is 4.74 Å². The minimum absolute atomic E-state index is 0.129. The van der Waals surface area contributed by atoms with Gasteiger partial charge in [-0.1, -0.05) is 0 Å². The Balaban J connectivity index is 2.49. The summed E-state index contributed by atoms with van der Waals surface area (Å²) in [5, 5.41) is 0. The molecule has 0 aromatic heterocycles. The van der Waals surface area contributed by atoms with E-state index in [1.54, 1.807) is 0 Å². The second kappa shape index (κ2) is 3.93. The van der Waals surface area contributed by atoms with Crippen LogP contribution < -0.4 is 0 Å². The average Bonchev–Trinajstić information content (AvgIpc) is 2.50. The smallest absolute Gasteiger partial charge is 0.335 e. The molecule has 1 aliphatic heterocycles. The van der Waals surface area contributed by atoms with Crippen molar-refractivity contribution in [3.05, 3.63) is 0 Å². The second-order valence-electron chi connectivity index (χ2n) is 2.52. The van der Waals surface area contributed by atoms with E-state index in [0.717, 1.165) is 6.42 Å². The van der Waals surface area contributed by atoms with Gasteiger partial charge in [-0.3, -0.25) is 0 Å². The number of hydrogen-bond acceptors (Lipinski definition) is 3. The fourth-order valence-corrected chi connectivity index (χ4v) is 1.48. The van der Waals surface area contributed by atoms with Crippen LogP contribution in [0.25, 0.3) is 0 Å². The van der Waals surface area contributed by atoms with Crippen molar-refractivity contribution in [3.63, 3.8) is 0 Å². The van der Waals surface area contributed by atoms with Gasteiger partial charge in [-0.2, -0.15) is 0 Å². The van der Waals surface area contributed by atoms with E-state index in [-0.39, 0.29) is 11.9 Å². The van der Waals surface area contributed by atoms with Crippen LogP contribution in [-0.2, 0) is 14.3 Å². The maximum Gasteiger partial charge on any atom is 0.335 e. The quantitative estimate of drug-likeness (QED) is 0.464. The number of alkyl halides is 1. The Morgan fingerprint density at radius 2 is 2.55 bits per heavy atom. The maximum absolute atomic E-state index is 11.0. The lowest BCUT2D eigenvalue weighted by atomic mass is 10.0. The van der Waals surface area contributed by atoms with E-state index >= 15 is 0 Å². The molecule has 0 aromatic carbocycles. The number of esters is 1. The zero-order valence-corrected chi connectivity index (χ0v) is 7.13. The summed E-state index contributed by atoms with van der Waals surface area (Å²) in [4.78, 5) is 11.0. The van der Waals surface area contributed by atoms with E-state index in [9.17, 15) is 4.79 Å². The van der Waals surface area contributed by atoms with Gasteiger partial charge in [0.15, 0.2) is 6.10 Å². The lowest BCUT2D eigenvalue weighted by Gasteiger charge is -2.12. The number of halogens is 1. The molecule has 1 fully saturated rings. The van der Waals surface area contributed by atoms with Gasteiger partial charge in [0.2, 0.25) is 0 Å². The van der Waals surface area contributed by atoms with Crippen molar-refractivity contribution >= 4 is 17.6 Å². The van der Waals surface area contributed by atoms with E-state index in [4.69, 9.17) is 16.3 Å². The molecule has 0 spiro atoms. The molecule has 0 unspecified atom stereocenters. The van der Waals surface area contributed by atoms with E-state index in [1.165, 1.54) is 7.11 Å². The molecule has 4 heteroatoms. The number of carbonyl (C=O) groups is 1. The highest BCUT2D eigenvalue weighted by molar-refractivity contribution is 6.18. The minimum atomic E-state index is -0.433. The van der Waals surface area contributed by atoms with Gasteiger partial charge in [0, 0.05) is 18.4 Å². The Morgan fingerprint density at radius 1 is 1.82 bits per heavy atom. The minimum Gasteiger partial charge on any atom is -0.467 e. The van der Waals surface area contributed by atoms with Gasteiger partial charge in [-0.25, -0.2) is 4.79 Å².